The molecule has 0 radical (unpaired) electrons. The van der Waals surface area contributed by atoms with E-state index in [2.05, 4.69) is 5.32 Å². The normalized spacial score (nSPS) is 21.1. The van der Waals surface area contributed by atoms with Gasteiger partial charge in [0.2, 0.25) is 5.91 Å². The van der Waals surface area contributed by atoms with Gasteiger partial charge in [0.25, 0.3) is 0 Å². The quantitative estimate of drug-likeness (QED) is 0.846. The lowest BCUT2D eigenvalue weighted by atomic mass is 9.97. The fourth-order valence-electron chi connectivity index (χ4n) is 3.24. The van der Waals surface area contributed by atoms with Gasteiger partial charge < -0.3 is 10.2 Å². The highest BCUT2D eigenvalue weighted by Gasteiger charge is 2.19. The third-order valence-corrected chi connectivity index (χ3v) is 4.81. The first kappa shape index (κ1) is 18.5. The van der Waals surface area contributed by atoms with E-state index in [0.717, 1.165) is 6.54 Å². The van der Waals surface area contributed by atoms with E-state index in [9.17, 15) is 4.79 Å². The summed E-state index contributed by atoms with van der Waals surface area (Å²) in [6, 6.07) is 0.474. The molecule has 0 saturated heterocycles. The van der Waals surface area contributed by atoms with E-state index in [1.807, 2.05) is 25.8 Å². The van der Waals surface area contributed by atoms with Crippen molar-refractivity contribution in [2.75, 3.05) is 13.6 Å². The summed E-state index contributed by atoms with van der Waals surface area (Å²) in [5, 5.41) is 3.59. The number of likely N-dealkylation sites (N-methyl/N-ethyl adjacent to an activating group) is 1. The molecule has 1 fully saturated rings. The average molecular weight is 296 g/mol. The predicted molar refractivity (Wildman–Crippen MR) is 90.5 cm³/mol. The zero-order valence-electron chi connectivity index (χ0n) is 14.5. The van der Waals surface area contributed by atoms with Gasteiger partial charge in [-0.25, -0.2) is 0 Å². The summed E-state index contributed by atoms with van der Waals surface area (Å²) in [6.07, 6.45) is 14.8. The molecule has 124 valence electrons. The molecule has 0 aromatic heterocycles. The molecular formula is C18H36N2O. The van der Waals surface area contributed by atoms with Crippen LogP contribution in [0.1, 0.15) is 84.5 Å². The number of hydrogen-bond acceptors (Lipinski definition) is 2. The van der Waals surface area contributed by atoms with Crippen LogP contribution in [0.5, 0.6) is 0 Å². The molecule has 1 amide bonds. The van der Waals surface area contributed by atoms with E-state index >= 15 is 0 Å². The predicted octanol–water partition coefficient (Wildman–Crippen LogP) is 4.12. The van der Waals surface area contributed by atoms with Crippen molar-refractivity contribution >= 4 is 5.91 Å². The molecule has 1 aliphatic rings. The van der Waals surface area contributed by atoms with Crippen molar-refractivity contribution in [3.63, 3.8) is 0 Å². The molecule has 3 nitrogen and oxygen atoms in total. The molecule has 1 unspecified atom stereocenters. The number of nitrogens with one attached hydrogen (secondary N) is 1. The Hall–Kier alpha value is -0.570. The Morgan fingerprint density at radius 1 is 1.00 bits per heavy atom. The Kier molecular flexibility index (Phi) is 9.73. The smallest absolute Gasteiger partial charge is 0.239 e. The lowest BCUT2D eigenvalue weighted by Crippen LogP contribution is -2.47. The van der Waals surface area contributed by atoms with E-state index < -0.39 is 0 Å². The molecule has 0 heterocycles. The van der Waals surface area contributed by atoms with Crippen molar-refractivity contribution < 1.29 is 4.79 Å². The highest BCUT2D eigenvalue weighted by Crippen LogP contribution is 2.17. The fourth-order valence-corrected chi connectivity index (χ4v) is 3.24. The fraction of sp³-hybridized carbons (Fsp3) is 0.944. The van der Waals surface area contributed by atoms with Crippen LogP contribution in [-0.4, -0.2) is 36.5 Å². The van der Waals surface area contributed by atoms with Crippen molar-refractivity contribution in [2.24, 2.45) is 0 Å². The van der Waals surface area contributed by atoms with E-state index in [1.54, 1.807) is 0 Å². The molecule has 3 heteroatoms. The van der Waals surface area contributed by atoms with Crippen LogP contribution in [0.4, 0.5) is 0 Å². The second-order valence-electron chi connectivity index (χ2n) is 6.70. The molecule has 0 aromatic rings. The Labute approximate surface area is 131 Å². The molecule has 1 saturated carbocycles. The van der Waals surface area contributed by atoms with Gasteiger partial charge in [0, 0.05) is 19.6 Å². The van der Waals surface area contributed by atoms with Crippen LogP contribution >= 0.6 is 0 Å². The molecular weight excluding hydrogens is 260 g/mol. The second-order valence-corrected chi connectivity index (χ2v) is 6.70. The number of hydrogen-bond donors (Lipinski definition) is 1. The van der Waals surface area contributed by atoms with Crippen molar-refractivity contribution in [3.05, 3.63) is 0 Å². The zero-order valence-corrected chi connectivity index (χ0v) is 14.5. The van der Waals surface area contributed by atoms with E-state index in [1.165, 1.54) is 70.6 Å². The first-order valence-electron chi connectivity index (χ1n) is 9.16. The van der Waals surface area contributed by atoms with Gasteiger partial charge in [-0.15, -0.1) is 0 Å². The molecule has 1 rings (SSSR count). The average Bonchev–Trinajstić information content (AvgIpc) is 2.48. The molecule has 21 heavy (non-hydrogen) atoms. The lowest BCUT2D eigenvalue weighted by molar-refractivity contribution is -0.131. The summed E-state index contributed by atoms with van der Waals surface area (Å²) in [4.78, 5) is 14.0. The van der Waals surface area contributed by atoms with E-state index in [-0.39, 0.29) is 11.9 Å². The number of amides is 1. The van der Waals surface area contributed by atoms with Crippen molar-refractivity contribution in [1.82, 2.24) is 10.2 Å². The van der Waals surface area contributed by atoms with Gasteiger partial charge in [-0.1, -0.05) is 57.8 Å². The van der Waals surface area contributed by atoms with Gasteiger partial charge in [-0.3, -0.25) is 4.79 Å². The summed E-state index contributed by atoms with van der Waals surface area (Å²) in [5.41, 5.74) is 0. The van der Waals surface area contributed by atoms with Crippen LogP contribution in [0.25, 0.3) is 0 Å². The maximum atomic E-state index is 12.2. The second kappa shape index (κ2) is 11.1. The Morgan fingerprint density at radius 2 is 1.43 bits per heavy atom. The van der Waals surface area contributed by atoms with Crippen LogP contribution in [0.2, 0.25) is 0 Å². The largest absolute Gasteiger partial charge is 0.345 e. The highest BCUT2D eigenvalue weighted by atomic mass is 16.2. The number of carbonyl (C=O) groups excluding carboxylic acids is 1. The number of carbonyl (C=O) groups is 1. The molecule has 0 aliphatic heterocycles. The van der Waals surface area contributed by atoms with Gasteiger partial charge in [0.05, 0.1) is 6.04 Å². The summed E-state index contributed by atoms with van der Waals surface area (Å²) >= 11 is 0. The minimum absolute atomic E-state index is 0.0483. The minimum Gasteiger partial charge on any atom is -0.345 e. The summed E-state index contributed by atoms with van der Waals surface area (Å²) in [6.45, 7) is 4.83. The third-order valence-electron chi connectivity index (χ3n) is 4.81. The van der Waals surface area contributed by atoms with Crippen molar-refractivity contribution in [2.45, 2.75) is 96.6 Å². The molecule has 0 bridgehead atoms. The van der Waals surface area contributed by atoms with Crippen LogP contribution in [0, 0.1) is 0 Å². The Balaban J connectivity index is 2.41. The van der Waals surface area contributed by atoms with Crippen LogP contribution < -0.4 is 5.32 Å². The van der Waals surface area contributed by atoms with E-state index in [4.69, 9.17) is 0 Å². The topological polar surface area (TPSA) is 32.3 Å². The van der Waals surface area contributed by atoms with Gasteiger partial charge in [0.1, 0.15) is 0 Å². The first-order valence-corrected chi connectivity index (χ1v) is 9.16. The van der Waals surface area contributed by atoms with Gasteiger partial charge in [0.15, 0.2) is 0 Å². The van der Waals surface area contributed by atoms with Crippen LogP contribution in [0.15, 0.2) is 0 Å². The minimum atomic E-state index is -0.0483. The molecule has 0 aromatic carbocycles. The van der Waals surface area contributed by atoms with Gasteiger partial charge >= 0.3 is 0 Å². The van der Waals surface area contributed by atoms with Crippen molar-refractivity contribution in [1.29, 1.82) is 0 Å². The Bertz CT molecular complexity index is 268. The lowest BCUT2D eigenvalue weighted by Gasteiger charge is -2.26. The number of rotatable bonds is 4. The zero-order chi connectivity index (χ0) is 15.5. The highest BCUT2D eigenvalue weighted by molar-refractivity contribution is 5.81. The third kappa shape index (κ3) is 7.85. The summed E-state index contributed by atoms with van der Waals surface area (Å²) < 4.78 is 0. The number of nitrogens with zero attached hydrogens (tertiary/aromatic N) is 1. The van der Waals surface area contributed by atoms with Gasteiger partial charge in [-0.2, -0.15) is 0 Å². The van der Waals surface area contributed by atoms with Gasteiger partial charge in [-0.05, 0) is 26.7 Å². The van der Waals surface area contributed by atoms with Crippen LogP contribution in [-0.2, 0) is 4.79 Å². The molecule has 1 N–H and O–H groups in total. The molecule has 1 atom stereocenters. The summed E-state index contributed by atoms with van der Waals surface area (Å²) in [5.74, 6) is 0.226. The maximum absolute atomic E-state index is 12.2. The summed E-state index contributed by atoms with van der Waals surface area (Å²) in [7, 11) is 1.89. The molecule has 1 aliphatic carbocycles. The first-order chi connectivity index (χ1) is 10.1. The van der Waals surface area contributed by atoms with Crippen LogP contribution in [0.3, 0.4) is 0 Å². The maximum Gasteiger partial charge on any atom is 0.239 e. The standard InChI is InChI=1S/C18H36N2O/c1-4-20(3)18(21)16(2)19-17-14-12-10-8-6-5-7-9-11-13-15-17/h16-17,19H,4-15H2,1-3H3. The molecule has 0 spiro atoms. The monoisotopic (exact) mass is 296 g/mol. The van der Waals surface area contributed by atoms with Crippen molar-refractivity contribution in [3.8, 4) is 0 Å². The Morgan fingerprint density at radius 3 is 1.86 bits per heavy atom. The SMILES string of the molecule is CCN(C)C(=O)C(C)NC1CCCCCCCCCCC1. The van der Waals surface area contributed by atoms with E-state index in [0.29, 0.717) is 6.04 Å².